The Balaban J connectivity index is 1.94. The second-order valence-electron chi connectivity index (χ2n) is 5.10. The van der Waals surface area contributed by atoms with Crippen LogP contribution in [0.3, 0.4) is 0 Å². The van der Waals surface area contributed by atoms with Gasteiger partial charge < -0.3 is 14.8 Å². The normalized spacial score (nSPS) is 27.0. The Hall–Kier alpha value is -0.930. The SMILES string of the molecule is CC1CNCCC1c1cc(Cl)c2c(c1)OCCO2. The van der Waals surface area contributed by atoms with E-state index in [9.17, 15) is 0 Å². The number of benzene rings is 1. The molecule has 0 bridgehead atoms. The van der Waals surface area contributed by atoms with Crippen molar-refractivity contribution >= 4 is 11.6 Å². The third kappa shape index (κ3) is 2.17. The maximum atomic E-state index is 6.29. The molecule has 2 heterocycles. The molecule has 4 heteroatoms. The summed E-state index contributed by atoms with van der Waals surface area (Å²) in [6.07, 6.45) is 1.15. The summed E-state index contributed by atoms with van der Waals surface area (Å²) in [6, 6.07) is 4.15. The van der Waals surface area contributed by atoms with Crippen molar-refractivity contribution in [3.05, 3.63) is 22.7 Å². The molecule has 3 rings (SSSR count). The molecule has 0 aromatic heterocycles. The van der Waals surface area contributed by atoms with Crippen molar-refractivity contribution in [3.63, 3.8) is 0 Å². The zero-order valence-electron chi connectivity index (χ0n) is 10.5. The average molecular weight is 268 g/mol. The Bertz CT molecular complexity index is 450. The van der Waals surface area contributed by atoms with Crippen molar-refractivity contribution < 1.29 is 9.47 Å². The van der Waals surface area contributed by atoms with E-state index in [0.29, 0.717) is 35.8 Å². The summed E-state index contributed by atoms with van der Waals surface area (Å²) in [5.41, 5.74) is 1.28. The molecule has 1 fully saturated rings. The van der Waals surface area contributed by atoms with Crippen LogP contribution in [0.5, 0.6) is 11.5 Å². The third-order valence-corrected chi connectivity index (χ3v) is 4.11. The molecule has 98 valence electrons. The van der Waals surface area contributed by atoms with Crippen LogP contribution in [0.15, 0.2) is 12.1 Å². The average Bonchev–Trinajstić information content (AvgIpc) is 2.39. The molecule has 0 saturated carbocycles. The van der Waals surface area contributed by atoms with Gasteiger partial charge >= 0.3 is 0 Å². The lowest BCUT2D eigenvalue weighted by molar-refractivity contribution is 0.171. The number of halogens is 1. The monoisotopic (exact) mass is 267 g/mol. The van der Waals surface area contributed by atoms with Gasteiger partial charge in [0.25, 0.3) is 0 Å². The quantitative estimate of drug-likeness (QED) is 0.849. The van der Waals surface area contributed by atoms with Gasteiger partial charge in [0.15, 0.2) is 11.5 Å². The van der Waals surface area contributed by atoms with Gasteiger partial charge in [0, 0.05) is 0 Å². The molecule has 2 unspecified atom stereocenters. The first-order chi connectivity index (χ1) is 8.75. The summed E-state index contributed by atoms with van der Waals surface area (Å²) in [4.78, 5) is 0. The Morgan fingerprint density at radius 1 is 1.28 bits per heavy atom. The van der Waals surface area contributed by atoms with E-state index in [-0.39, 0.29) is 0 Å². The smallest absolute Gasteiger partial charge is 0.179 e. The van der Waals surface area contributed by atoms with Crippen LogP contribution in [0.2, 0.25) is 5.02 Å². The number of hydrogen-bond acceptors (Lipinski definition) is 3. The molecule has 0 aliphatic carbocycles. The fourth-order valence-electron chi connectivity index (χ4n) is 2.85. The van der Waals surface area contributed by atoms with E-state index in [0.717, 1.165) is 25.3 Å². The molecule has 2 aliphatic heterocycles. The summed E-state index contributed by atoms with van der Waals surface area (Å²) in [5, 5.41) is 4.10. The lowest BCUT2D eigenvalue weighted by Crippen LogP contribution is -2.33. The van der Waals surface area contributed by atoms with Crippen LogP contribution in [0.1, 0.15) is 24.8 Å². The zero-order chi connectivity index (χ0) is 12.5. The number of nitrogens with one attached hydrogen (secondary N) is 1. The topological polar surface area (TPSA) is 30.5 Å². The number of fused-ring (bicyclic) bond motifs is 1. The van der Waals surface area contributed by atoms with Crippen LogP contribution >= 0.6 is 11.6 Å². The molecule has 1 aromatic rings. The molecule has 0 radical (unpaired) electrons. The van der Waals surface area contributed by atoms with Gasteiger partial charge in [0.05, 0.1) is 5.02 Å². The first-order valence-electron chi connectivity index (χ1n) is 6.55. The maximum Gasteiger partial charge on any atom is 0.179 e. The van der Waals surface area contributed by atoms with Gasteiger partial charge in [-0.3, -0.25) is 0 Å². The highest BCUT2D eigenvalue weighted by molar-refractivity contribution is 6.32. The molecule has 18 heavy (non-hydrogen) atoms. The van der Waals surface area contributed by atoms with Gasteiger partial charge in [-0.1, -0.05) is 18.5 Å². The van der Waals surface area contributed by atoms with Gasteiger partial charge in [-0.2, -0.15) is 0 Å². The van der Waals surface area contributed by atoms with E-state index in [1.54, 1.807) is 0 Å². The lowest BCUT2D eigenvalue weighted by Gasteiger charge is -2.31. The molecule has 2 atom stereocenters. The molecule has 3 nitrogen and oxygen atoms in total. The van der Waals surface area contributed by atoms with Crippen LogP contribution in [-0.4, -0.2) is 26.3 Å². The van der Waals surface area contributed by atoms with Crippen molar-refractivity contribution in [2.24, 2.45) is 5.92 Å². The van der Waals surface area contributed by atoms with E-state index in [2.05, 4.69) is 18.3 Å². The largest absolute Gasteiger partial charge is 0.486 e. The van der Waals surface area contributed by atoms with Crippen molar-refractivity contribution in [2.45, 2.75) is 19.3 Å². The van der Waals surface area contributed by atoms with Crippen LogP contribution in [0.4, 0.5) is 0 Å². The number of hydrogen-bond donors (Lipinski definition) is 1. The van der Waals surface area contributed by atoms with E-state index in [1.165, 1.54) is 5.56 Å². The lowest BCUT2D eigenvalue weighted by atomic mass is 9.82. The summed E-state index contributed by atoms with van der Waals surface area (Å²) in [5.74, 6) is 2.68. The Morgan fingerprint density at radius 2 is 2.11 bits per heavy atom. The highest BCUT2D eigenvalue weighted by atomic mass is 35.5. The summed E-state index contributed by atoms with van der Waals surface area (Å²) in [6.45, 7) is 5.60. The number of piperidine rings is 1. The Labute approximate surface area is 112 Å². The van der Waals surface area contributed by atoms with Crippen LogP contribution in [-0.2, 0) is 0 Å². The highest BCUT2D eigenvalue weighted by Gasteiger charge is 2.25. The fraction of sp³-hybridized carbons (Fsp3) is 0.571. The minimum Gasteiger partial charge on any atom is -0.486 e. The predicted molar refractivity (Wildman–Crippen MR) is 71.8 cm³/mol. The molecule has 1 aromatic carbocycles. The second kappa shape index (κ2) is 4.98. The first-order valence-corrected chi connectivity index (χ1v) is 6.93. The molecule has 2 aliphatic rings. The minimum atomic E-state index is 0.555. The van der Waals surface area contributed by atoms with Gasteiger partial charge in [-0.15, -0.1) is 0 Å². The molecule has 0 spiro atoms. The summed E-state index contributed by atoms with van der Waals surface area (Å²) in [7, 11) is 0. The van der Waals surface area contributed by atoms with Crippen LogP contribution in [0.25, 0.3) is 0 Å². The van der Waals surface area contributed by atoms with E-state index < -0.39 is 0 Å². The van der Waals surface area contributed by atoms with E-state index in [1.807, 2.05) is 6.07 Å². The highest BCUT2D eigenvalue weighted by Crippen LogP contribution is 2.42. The molecular weight excluding hydrogens is 250 g/mol. The number of ether oxygens (including phenoxy) is 2. The Kier molecular flexibility index (Phi) is 3.35. The predicted octanol–water partition coefficient (Wildman–Crippen LogP) is 2.82. The third-order valence-electron chi connectivity index (χ3n) is 3.83. The molecule has 0 amide bonds. The summed E-state index contributed by atoms with van der Waals surface area (Å²) < 4.78 is 11.2. The van der Waals surface area contributed by atoms with Crippen LogP contribution in [0, 0.1) is 5.92 Å². The van der Waals surface area contributed by atoms with Gasteiger partial charge in [0.2, 0.25) is 0 Å². The molecule has 1 N–H and O–H groups in total. The Morgan fingerprint density at radius 3 is 2.94 bits per heavy atom. The fourth-order valence-corrected chi connectivity index (χ4v) is 3.13. The van der Waals surface area contributed by atoms with Crippen LogP contribution < -0.4 is 14.8 Å². The van der Waals surface area contributed by atoms with Crippen molar-refractivity contribution in [1.82, 2.24) is 5.32 Å². The van der Waals surface area contributed by atoms with Gasteiger partial charge in [0.1, 0.15) is 13.2 Å². The zero-order valence-corrected chi connectivity index (χ0v) is 11.3. The van der Waals surface area contributed by atoms with Crippen molar-refractivity contribution in [2.75, 3.05) is 26.3 Å². The van der Waals surface area contributed by atoms with E-state index >= 15 is 0 Å². The first kappa shape index (κ1) is 12.1. The maximum absolute atomic E-state index is 6.29. The molecule has 1 saturated heterocycles. The molecular formula is C14H18ClNO2. The van der Waals surface area contributed by atoms with Crippen molar-refractivity contribution in [3.8, 4) is 11.5 Å². The van der Waals surface area contributed by atoms with E-state index in [4.69, 9.17) is 21.1 Å². The van der Waals surface area contributed by atoms with Gasteiger partial charge in [-0.25, -0.2) is 0 Å². The van der Waals surface area contributed by atoms with Gasteiger partial charge in [-0.05, 0) is 49.0 Å². The number of rotatable bonds is 1. The van der Waals surface area contributed by atoms with Crippen molar-refractivity contribution in [1.29, 1.82) is 0 Å². The minimum absolute atomic E-state index is 0.555. The standard InChI is InChI=1S/C14H18ClNO2/c1-9-8-16-3-2-11(9)10-6-12(15)14-13(7-10)17-4-5-18-14/h6-7,9,11,16H,2-5,8H2,1H3. The second-order valence-corrected chi connectivity index (χ2v) is 5.51. The summed E-state index contributed by atoms with van der Waals surface area (Å²) >= 11 is 6.29.